The second-order valence-corrected chi connectivity index (χ2v) is 5.95. The largest absolute Gasteiger partial charge is 0.465 e. The number of carbonyl (C=O) groups excluding carboxylic acids is 1. The predicted octanol–water partition coefficient (Wildman–Crippen LogP) is 3.89. The number of H-pyrrole nitrogens is 1. The van der Waals surface area contributed by atoms with Crippen LogP contribution in [-0.4, -0.2) is 23.3 Å². The van der Waals surface area contributed by atoms with E-state index >= 15 is 0 Å². The maximum atomic E-state index is 11.9. The van der Waals surface area contributed by atoms with Gasteiger partial charge in [0, 0.05) is 15.1 Å². The molecule has 1 unspecified atom stereocenters. The molecule has 1 aromatic carbocycles. The monoisotopic (exact) mass is 401 g/mol. The lowest BCUT2D eigenvalue weighted by Gasteiger charge is -2.18. The Morgan fingerprint density at radius 1 is 1.45 bits per heavy atom. The Morgan fingerprint density at radius 2 is 2.20 bits per heavy atom. The number of nitrogens with one attached hydrogen (secondary N) is 2. The van der Waals surface area contributed by atoms with Crippen molar-refractivity contribution in [2.45, 2.75) is 13.0 Å². The lowest BCUT2D eigenvalue weighted by atomic mass is 10.1. The average molecular weight is 403 g/mol. The summed E-state index contributed by atoms with van der Waals surface area (Å²) >= 11 is 6.83. The first-order valence-corrected chi connectivity index (χ1v) is 7.44. The van der Waals surface area contributed by atoms with Crippen molar-refractivity contribution in [2.75, 3.05) is 12.4 Å². The molecule has 0 spiro atoms. The van der Waals surface area contributed by atoms with Crippen molar-refractivity contribution in [1.82, 2.24) is 10.2 Å². The van der Waals surface area contributed by atoms with Crippen LogP contribution in [0.25, 0.3) is 0 Å². The van der Waals surface area contributed by atoms with Crippen LogP contribution in [0.1, 0.15) is 29.0 Å². The number of hydrogen-bond donors (Lipinski definition) is 2. The molecule has 0 aliphatic rings. The van der Waals surface area contributed by atoms with Gasteiger partial charge in [0.25, 0.3) is 0 Å². The Labute approximate surface area is 133 Å². The molecule has 5 nitrogen and oxygen atoms in total. The summed E-state index contributed by atoms with van der Waals surface area (Å²) in [6.07, 6.45) is 1.69. The summed E-state index contributed by atoms with van der Waals surface area (Å²) < 4.78 is 6.39. The van der Waals surface area contributed by atoms with Crippen molar-refractivity contribution in [1.29, 1.82) is 0 Å². The summed E-state index contributed by atoms with van der Waals surface area (Å²) in [5, 5.41) is 10.1. The number of halogens is 2. The van der Waals surface area contributed by atoms with Crippen molar-refractivity contribution >= 4 is 43.5 Å². The molecule has 0 saturated heterocycles. The van der Waals surface area contributed by atoms with Crippen molar-refractivity contribution in [3.63, 3.8) is 0 Å². The summed E-state index contributed by atoms with van der Waals surface area (Å²) in [7, 11) is 1.36. The Bertz CT molecular complexity index is 614. The fraction of sp³-hybridized carbons (Fsp3) is 0.231. The summed E-state index contributed by atoms with van der Waals surface area (Å²) in [5.41, 5.74) is 2.07. The Hall–Kier alpha value is -1.34. The quantitative estimate of drug-likeness (QED) is 0.761. The number of aromatic nitrogens is 2. The predicted molar refractivity (Wildman–Crippen MR) is 83.8 cm³/mol. The molecule has 2 aromatic rings. The zero-order valence-corrected chi connectivity index (χ0v) is 14.1. The molecule has 7 heteroatoms. The Morgan fingerprint density at radius 3 is 2.80 bits per heavy atom. The van der Waals surface area contributed by atoms with Crippen LogP contribution in [0.2, 0.25) is 0 Å². The third kappa shape index (κ3) is 3.21. The summed E-state index contributed by atoms with van der Waals surface area (Å²) in [6, 6.07) is 5.44. The SMILES string of the molecule is COC(=O)c1cc(Br)cc(Br)c1NC(C)c1ccn[nH]1. The Kier molecular flexibility index (Phi) is 4.82. The third-order valence-corrected chi connectivity index (χ3v) is 3.89. The van der Waals surface area contributed by atoms with Gasteiger partial charge in [0.15, 0.2) is 0 Å². The molecule has 1 atom stereocenters. The highest BCUT2D eigenvalue weighted by Crippen LogP contribution is 2.33. The molecule has 0 fully saturated rings. The van der Waals surface area contributed by atoms with Crippen LogP contribution in [0.5, 0.6) is 0 Å². The lowest BCUT2D eigenvalue weighted by molar-refractivity contribution is 0.0601. The summed E-state index contributed by atoms with van der Waals surface area (Å²) in [6.45, 7) is 1.98. The second-order valence-electron chi connectivity index (χ2n) is 4.18. The minimum atomic E-state index is -0.397. The maximum absolute atomic E-state index is 11.9. The third-order valence-electron chi connectivity index (χ3n) is 2.81. The number of aromatic amines is 1. The zero-order chi connectivity index (χ0) is 14.7. The van der Waals surface area contributed by atoms with E-state index in [2.05, 4.69) is 47.4 Å². The van der Waals surface area contributed by atoms with Crippen molar-refractivity contribution < 1.29 is 9.53 Å². The molecule has 2 rings (SSSR count). The normalized spacial score (nSPS) is 12.0. The van der Waals surface area contributed by atoms with E-state index in [-0.39, 0.29) is 6.04 Å². The van der Waals surface area contributed by atoms with Crippen LogP contribution in [0.4, 0.5) is 5.69 Å². The first-order valence-electron chi connectivity index (χ1n) is 5.86. The first kappa shape index (κ1) is 15.1. The summed E-state index contributed by atoms with van der Waals surface area (Å²) in [4.78, 5) is 11.9. The second kappa shape index (κ2) is 6.41. The van der Waals surface area contributed by atoms with Gasteiger partial charge >= 0.3 is 5.97 Å². The van der Waals surface area contributed by atoms with E-state index in [1.54, 1.807) is 12.3 Å². The zero-order valence-electron chi connectivity index (χ0n) is 10.9. The lowest BCUT2D eigenvalue weighted by Crippen LogP contribution is -2.13. The van der Waals surface area contributed by atoms with Gasteiger partial charge in [-0.3, -0.25) is 5.10 Å². The highest BCUT2D eigenvalue weighted by Gasteiger charge is 2.18. The Balaban J connectivity index is 2.37. The molecule has 0 radical (unpaired) electrons. The average Bonchev–Trinajstić information content (AvgIpc) is 2.94. The van der Waals surface area contributed by atoms with Gasteiger partial charge in [-0.2, -0.15) is 5.10 Å². The highest BCUT2D eigenvalue weighted by atomic mass is 79.9. The highest BCUT2D eigenvalue weighted by molar-refractivity contribution is 9.11. The van der Waals surface area contributed by atoms with Crippen LogP contribution in [0.15, 0.2) is 33.3 Å². The fourth-order valence-electron chi connectivity index (χ4n) is 1.79. The van der Waals surface area contributed by atoms with Crippen LogP contribution >= 0.6 is 31.9 Å². The van der Waals surface area contributed by atoms with Gasteiger partial charge in [-0.05, 0) is 41.1 Å². The van der Waals surface area contributed by atoms with E-state index in [4.69, 9.17) is 4.74 Å². The molecule has 0 aliphatic heterocycles. The molecule has 0 bridgehead atoms. The van der Waals surface area contributed by atoms with Gasteiger partial charge in [0.05, 0.1) is 30.1 Å². The van der Waals surface area contributed by atoms with E-state index in [9.17, 15) is 4.79 Å². The number of esters is 1. The number of carbonyl (C=O) groups is 1. The number of nitrogens with zero attached hydrogens (tertiary/aromatic N) is 1. The minimum Gasteiger partial charge on any atom is -0.465 e. The number of rotatable bonds is 4. The van der Waals surface area contributed by atoms with E-state index in [1.807, 2.05) is 19.1 Å². The minimum absolute atomic E-state index is 0.0293. The van der Waals surface area contributed by atoms with Gasteiger partial charge in [0.2, 0.25) is 0 Å². The van der Waals surface area contributed by atoms with Gasteiger partial charge in [-0.15, -0.1) is 0 Å². The van der Waals surface area contributed by atoms with Crippen LogP contribution in [0, 0.1) is 0 Å². The number of anilines is 1. The maximum Gasteiger partial charge on any atom is 0.340 e. The van der Waals surface area contributed by atoms with Crippen molar-refractivity contribution in [2.24, 2.45) is 0 Å². The van der Waals surface area contributed by atoms with Crippen LogP contribution < -0.4 is 5.32 Å². The molecule has 20 heavy (non-hydrogen) atoms. The number of hydrogen-bond acceptors (Lipinski definition) is 4. The molecular weight excluding hydrogens is 390 g/mol. The molecule has 0 aliphatic carbocycles. The smallest absolute Gasteiger partial charge is 0.340 e. The van der Waals surface area contributed by atoms with E-state index in [0.717, 1.165) is 14.6 Å². The molecule has 2 N–H and O–H groups in total. The van der Waals surface area contributed by atoms with Gasteiger partial charge in [0.1, 0.15) is 0 Å². The van der Waals surface area contributed by atoms with Crippen LogP contribution in [0.3, 0.4) is 0 Å². The number of benzene rings is 1. The van der Waals surface area contributed by atoms with Crippen molar-refractivity contribution in [3.8, 4) is 0 Å². The molecule has 0 saturated carbocycles. The standard InChI is InChI=1S/C13H13Br2N3O2/c1-7(11-3-4-16-18-11)17-12-9(13(19)20-2)5-8(14)6-10(12)15/h3-7,17H,1-2H3,(H,16,18). The summed E-state index contributed by atoms with van der Waals surface area (Å²) in [5.74, 6) is -0.397. The number of ether oxygens (including phenoxy) is 1. The van der Waals surface area contributed by atoms with Gasteiger partial charge in [-0.25, -0.2) is 4.79 Å². The topological polar surface area (TPSA) is 67.0 Å². The fourth-order valence-corrected chi connectivity index (χ4v) is 3.13. The van der Waals surface area contributed by atoms with Crippen LogP contribution in [-0.2, 0) is 4.74 Å². The van der Waals surface area contributed by atoms with Gasteiger partial charge in [-0.1, -0.05) is 15.9 Å². The van der Waals surface area contributed by atoms with E-state index in [1.165, 1.54) is 7.11 Å². The van der Waals surface area contributed by atoms with E-state index < -0.39 is 5.97 Å². The van der Waals surface area contributed by atoms with Gasteiger partial charge < -0.3 is 10.1 Å². The molecule has 1 aromatic heterocycles. The number of methoxy groups -OCH3 is 1. The molecule has 0 amide bonds. The molecule has 106 valence electrons. The molecular formula is C13H13Br2N3O2. The van der Waals surface area contributed by atoms with E-state index in [0.29, 0.717) is 11.3 Å². The molecule has 1 heterocycles. The van der Waals surface area contributed by atoms with Crippen molar-refractivity contribution in [3.05, 3.63) is 44.6 Å². The first-order chi connectivity index (χ1) is 9.52.